The van der Waals surface area contributed by atoms with Crippen LogP contribution in [0, 0.1) is 5.92 Å². The van der Waals surface area contributed by atoms with Crippen LogP contribution >= 0.6 is 0 Å². The van der Waals surface area contributed by atoms with E-state index in [0.717, 1.165) is 17.7 Å². The number of rotatable bonds is 4. The van der Waals surface area contributed by atoms with E-state index in [9.17, 15) is 19.2 Å². The molecular formula is C19H22N2O5. The molecular weight excluding hydrogens is 336 g/mol. The second-order valence-corrected chi connectivity index (χ2v) is 6.90. The van der Waals surface area contributed by atoms with Gasteiger partial charge in [0.1, 0.15) is 6.04 Å². The van der Waals surface area contributed by atoms with Gasteiger partial charge in [-0.3, -0.25) is 19.3 Å². The van der Waals surface area contributed by atoms with Crippen LogP contribution < -0.4 is 0 Å². The fraction of sp³-hybridized carbons (Fsp3) is 0.474. The molecule has 3 amide bonds. The Morgan fingerprint density at radius 1 is 1.19 bits per heavy atom. The number of hydrogen-bond donors (Lipinski definition) is 0. The van der Waals surface area contributed by atoms with Crippen molar-refractivity contribution in [3.63, 3.8) is 0 Å². The molecule has 1 fully saturated rings. The highest BCUT2D eigenvalue weighted by molar-refractivity contribution is 6.22. The standard InChI is InChI=1S/C19H22N2O5/c1-12-6-5-9-20(10-12)16(22)11-26-19(25)13(2)21-17(23)14-7-3-4-8-15(14)18(21)24/h3-4,7-8,12-13H,5-6,9-11H2,1-2H3/t12-,13+/m0/s1. The average molecular weight is 358 g/mol. The zero-order valence-electron chi connectivity index (χ0n) is 14.9. The van der Waals surface area contributed by atoms with Gasteiger partial charge in [0.25, 0.3) is 17.7 Å². The minimum absolute atomic E-state index is 0.250. The Bertz CT molecular complexity index is 725. The molecule has 2 atom stereocenters. The molecule has 1 aromatic carbocycles. The number of esters is 1. The maximum atomic E-state index is 12.4. The number of ether oxygens (including phenoxy) is 1. The SMILES string of the molecule is C[C@H]1CCCN(C(=O)COC(=O)[C@@H](C)N2C(=O)c3ccccc3C2=O)C1. The molecule has 0 aliphatic carbocycles. The third kappa shape index (κ3) is 3.34. The van der Waals surface area contributed by atoms with Gasteiger partial charge in [-0.15, -0.1) is 0 Å². The minimum atomic E-state index is -1.09. The summed E-state index contributed by atoms with van der Waals surface area (Å²) in [4.78, 5) is 51.9. The van der Waals surface area contributed by atoms with E-state index in [-0.39, 0.29) is 23.6 Å². The molecule has 138 valence electrons. The quantitative estimate of drug-likeness (QED) is 0.601. The number of carbonyl (C=O) groups excluding carboxylic acids is 4. The first kappa shape index (κ1) is 18.1. The van der Waals surface area contributed by atoms with E-state index < -0.39 is 23.8 Å². The molecule has 3 rings (SSSR count). The summed E-state index contributed by atoms with van der Waals surface area (Å²) in [5.41, 5.74) is 0.547. The van der Waals surface area contributed by atoms with Crippen molar-refractivity contribution >= 4 is 23.7 Å². The predicted octanol–water partition coefficient (Wildman–Crippen LogP) is 1.47. The molecule has 0 bridgehead atoms. The van der Waals surface area contributed by atoms with E-state index in [1.807, 2.05) is 0 Å². The third-order valence-electron chi connectivity index (χ3n) is 4.90. The minimum Gasteiger partial charge on any atom is -0.454 e. The number of fused-ring (bicyclic) bond motifs is 1. The van der Waals surface area contributed by atoms with Gasteiger partial charge in [-0.25, -0.2) is 4.79 Å². The summed E-state index contributed by atoms with van der Waals surface area (Å²) in [6, 6.07) is 5.34. The van der Waals surface area contributed by atoms with Crippen LogP contribution in [0.2, 0.25) is 0 Å². The van der Waals surface area contributed by atoms with Gasteiger partial charge in [0, 0.05) is 13.1 Å². The molecule has 0 saturated carbocycles. The predicted molar refractivity (Wildman–Crippen MR) is 92.3 cm³/mol. The van der Waals surface area contributed by atoms with Crippen LogP contribution in [0.4, 0.5) is 0 Å². The molecule has 2 aliphatic heterocycles. The first-order valence-corrected chi connectivity index (χ1v) is 8.81. The van der Waals surface area contributed by atoms with E-state index in [1.165, 1.54) is 6.92 Å². The Labute approximate surface area is 151 Å². The van der Waals surface area contributed by atoms with Crippen molar-refractivity contribution in [3.8, 4) is 0 Å². The fourth-order valence-electron chi connectivity index (χ4n) is 3.43. The van der Waals surface area contributed by atoms with Gasteiger partial charge in [0.2, 0.25) is 0 Å². The lowest BCUT2D eigenvalue weighted by molar-refractivity contribution is -0.155. The molecule has 0 spiro atoms. The van der Waals surface area contributed by atoms with Crippen molar-refractivity contribution in [1.29, 1.82) is 0 Å². The summed E-state index contributed by atoms with van der Waals surface area (Å²) in [5.74, 6) is -1.63. The van der Waals surface area contributed by atoms with Gasteiger partial charge < -0.3 is 9.64 Å². The second kappa shape index (κ2) is 7.27. The molecule has 0 N–H and O–H groups in total. The molecule has 7 nitrogen and oxygen atoms in total. The maximum Gasteiger partial charge on any atom is 0.329 e. The monoisotopic (exact) mass is 358 g/mol. The van der Waals surface area contributed by atoms with Crippen molar-refractivity contribution < 1.29 is 23.9 Å². The molecule has 0 unspecified atom stereocenters. The smallest absolute Gasteiger partial charge is 0.329 e. The van der Waals surface area contributed by atoms with Crippen LogP contribution in [-0.4, -0.2) is 59.2 Å². The fourth-order valence-corrected chi connectivity index (χ4v) is 3.43. The van der Waals surface area contributed by atoms with Gasteiger partial charge in [0.05, 0.1) is 11.1 Å². The van der Waals surface area contributed by atoms with Crippen molar-refractivity contribution in [3.05, 3.63) is 35.4 Å². The number of imide groups is 1. The number of nitrogens with zero attached hydrogens (tertiary/aromatic N) is 2. The lowest BCUT2D eigenvalue weighted by Gasteiger charge is -2.31. The zero-order valence-corrected chi connectivity index (χ0v) is 14.9. The normalized spacial score (nSPS) is 20.8. The van der Waals surface area contributed by atoms with E-state index in [2.05, 4.69) is 6.92 Å². The highest BCUT2D eigenvalue weighted by atomic mass is 16.5. The Kier molecular flexibility index (Phi) is 5.06. The molecule has 26 heavy (non-hydrogen) atoms. The molecule has 1 aromatic rings. The Morgan fingerprint density at radius 3 is 2.38 bits per heavy atom. The number of hydrogen-bond acceptors (Lipinski definition) is 5. The first-order valence-electron chi connectivity index (χ1n) is 8.81. The van der Waals surface area contributed by atoms with Crippen LogP contribution in [0.5, 0.6) is 0 Å². The van der Waals surface area contributed by atoms with Crippen LogP contribution in [-0.2, 0) is 14.3 Å². The Balaban J connectivity index is 1.59. The van der Waals surface area contributed by atoms with E-state index in [1.54, 1.807) is 29.2 Å². The Hall–Kier alpha value is -2.70. The largest absolute Gasteiger partial charge is 0.454 e. The summed E-state index contributed by atoms with van der Waals surface area (Å²) in [6.07, 6.45) is 2.02. The number of benzene rings is 1. The summed E-state index contributed by atoms with van der Waals surface area (Å²) in [7, 11) is 0. The highest BCUT2D eigenvalue weighted by Gasteiger charge is 2.41. The molecule has 7 heteroatoms. The lowest BCUT2D eigenvalue weighted by atomic mass is 10.0. The third-order valence-corrected chi connectivity index (χ3v) is 4.90. The first-order chi connectivity index (χ1) is 12.4. The maximum absolute atomic E-state index is 12.4. The lowest BCUT2D eigenvalue weighted by Crippen LogP contribution is -2.45. The summed E-state index contributed by atoms with van der Waals surface area (Å²) in [5, 5.41) is 0. The Morgan fingerprint density at radius 2 is 1.81 bits per heavy atom. The van der Waals surface area contributed by atoms with Crippen molar-refractivity contribution in [1.82, 2.24) is 9.80 Å². The van der Waals surface area contributed by atoms with E-state index in [0.29, 0.717) is 19.0 Å². The van der Waals surface area contributed by atoms with Crippen molar-refractivity contribution in [2.75, 3.05) is 19.7 Å². The molecule has 0 aromatic heterocycles. The second-order valence-electron chi connectivity index (χ2n) is 6.90. The van der Waals surface area contributed by atoms with Gasteiger partial charge in [-0.05, 0) is 37.8 Å². The number of likely N-dealkylation sites (tertiary alicyclic amines) is 1. The number of carbonyl (C=O) groups is 4. The van der Waals surface area contributed by atoms with E-state index >= 15 is 0 Å². The average Bonchev–Trinajstić information content (AvgIpc) is 2.90. The van der Waals surface area contributed by atoms with Crippen LogP contribution in [0.1, 0.15) is 47.4 Å². The van der Waals surface area contributed by atoms with Gasteiger partial charge in [0.15, 0.2) is 6.61 Å². The highest BCUT2D eigenvalue weighted by Crippen LogP contribution is 2.24. The summed E-state index contributed by atoms with van der Waals surface area (Å²) in [6.45, 7) is 4.45. The van der Waals surface area contributed by atoms with E-state index in [4.69, 9.17) is 4.74 Å². The number of amides is 3. The van der Waals surface area contributed by atoms with Crippen LogP contribution in [0.15, 0.2) is 24.3 Å². The van der Waals surface area contributed by atoms with Crippen LogP contribution in [0.3, 0.4) is 0 Å². The van der Waals surface area contributed by atoms with Crippen molar-refractivity contribution in [2.45, 2.75) is 32.7 Å². The van der Waals surface area contributed by atoms with Gasteiger partial charge in [-0.1, -0.05) is 19.1 Å². The summed E-state index contributed by atoms with van der Waals surface area (Å²) < 4.78 is 5.09. The van der Waals surface area contributed by atoms with Crippen molar-refractivity contribution in [2.24, 2.45) is 5.92 Å². The van der Waals surface area contributed by atoms with Crippen LogP contribution in [0.25, 0.3) is 0 Å². The summed E-state index contributed by atoms with van der Waals surface area (Å²) >= 11 is 0. The molecule has 2 aliphatic rings. The molecule has 2 heterocycles. The van der Waals surface area contributed by atoms with Gasteiger partial charge in [-0.2, -0.15) is 0 Å². The number of piperidine rings is 1. The van der Waals surface area contributed by atoms with Gasteiger partial charge >= 0.3 is 5.97 Å². The molecule has 1 saturated heterocycles. The molecule has 0 radical (unpaired) electrons. The zero-order chi connectivity index (χ0) is 18.8. The topological polar surface area (TPSA) is 84.0 Å².